The Morgan fingerprint density at radius 2 is 1.46 bits per heavy atom. The summed E-state index contributed by atoms with van der Waals surface area (Å²) in [6.45, 7) is 0. The van der Waals surface area contributed by atoms with Gasteiger partial charge in [0, 0.05) is 0 Å². The summed E-state index contributed by atoms with van der Waals surface area (Å²) in [4.78, 5) is 25.9. The Kier molecular flexibility index (Phi) is 2.07. The molecule has 0 spiro atoms. The minimum atomic E-state index is -0.389. The van der Waals surface area contributed by atoms with E-state index in [1.54, 1.807) is 16.8 Å². The smallest absolute Gasteiger partial charge is 0.345 e. The first kappa shape index (κ1) is 12.5. The third-order valence-electron chi connectivity index (χ3n) is 5.48. The molecule has 0 saturated carbocycles. The lowest BCUT2D eigenvalue weighted by molar-refractivity contribution is -0.0556. The molecular weight excluding hydrogens is 306 g/mol. The van der Waals surface area contributed by atoms with Crippen LogP contribution in [0.3, 0.4) is 0 Å². The first-order valence-corrected chi connectivity index (χ1v) is 8.03. The van der Waals surface area contributed by atoms with Crippen LogP contribution in [0.4, 0.5) is 0 Å². The first-order chi connectivity index (χ1) is 11.8. The van der Waals surface area contributed by atoms with Gasteiger partial charge in [-0.2, -0.15) is 0 Å². The topological polar surface area (TPSA) is 58.2 Å². The fourth-order valence-corrected chi connectivity index (χ4v) is 4.60. The van der Waals surface area contributed by atoms with Crippen molar-refractivity contribution in [2.45, 2.75) is 24.3 Å². The second-order valence-corrected chi connectivity index (χ2v) is 6.52. The minimum absolute atomic E-state index is 0.0528. The van der Waals surface area contributed by atoms with Crippen molar-refractivity contribution in [2.24, 2.45) is 0 Å². The molecule has 2 aromatic carbocycles. The number of fused-ring (bicyclic) bond motifs is 4. The highest BCUT2D eigenvalue weighted by Crippen LogP contribution is 2.64. The van der Waals surface area contributed by atoms with E-state index < -0.39 is 0 Å². The van der Waals surface area contributed by atoms with Gasteiger partial charge in [0.05, 0.1) is 17.6 Å². The fourth-order valence-electron chi connectivity index (χ4n) is 4.60. The van der Waals surface area contributed by atoms with Crippen molar-refractivity contribution < 1.29 is 4.74 Å². The molecule has 118 valence electrons. The van der Waals surface area contributed by atoms with Crippen molar-refractivity contribution in [3.8, 4) is 5.69 Å². The van der Waals surface area contributed by atoms with Gasteiger partial charge in [-0.1, -0.05) is 42.5 Å². The molecule has 2 aliphatic heterocycles. The molecule has 0 unspecified atom stereocenters. The molecule has 0 N–H and O–H groups in total. The molecule has 1 aromatic heterocycles. The highest BCUT2D eigenvalue weighted by Gasteiger charge is 2.61. The normalized spacial score (nSPS) is 28.2. The van der Waals surface area contributed by atoms with E-state index in [0.717, 1.165) is 5.56 Å². The van der Waals surface area contributed by atoms with Gasteiger partial charge in [-0.15, -0.1) is 0 Å². The standard InChI is InChI=1S/C18H13N3O3/c22-17-19(10-6-2-1-3-7-10)18(23)21-16-13-11-8-4-5-9-12(11)15(24-16)14(13)20(17)21/h1-9,13-16H/t13-,14-,15+,16+/m1/s1. The highest BCUT2D eigenvalue weighted by atomic mass is 16.5. The Balaban J connectivity index is 1.61. The molecule has 6 rings (SSSR count). The number of hydrogen-bond donors (Lipinski definition) is 0. The molecular formula is C18H13N3O3. The number of para-hydroxylation sites is 1. The Bertz CT molecular complexity index is 1110. The largest absolute Gasteiger partial charge is 0.354 e. The second-order valence-electron chi connectivity index (χ2n) is 6.52. The van der Waals surface area contributed by atoms with Gasteiger partial charge < -0.3 is 4.74 Å². The molecule has 1 fully saturated rings. The lowest BCUT2D eigenvalue weighted by atomic mass is 9.98. The zero-order valence-corrected chi connectivity index (χ0v) is 12.6. The average Bonchev–Trinajstić information content (AvgIpc) is 3.31. The molecule has 3 aromatic rings. The average molecular weight is 319 g/mol. The molecule has 6 nitrogen and oxygen atoms in total. The Hall–Kier alpha value is -2.86. The summed E-state index contributed by atoms with van der Waals surface area (Å²) in [5, 5.41) is 0. The maximum Gasteiger partial charge on any atom is 0.354 e. The van der Waals surface area contributed by atoms with Gasteiger partial charge in [-0.05, 0) is 23.3 Å². The maximum absolute atomic E-state index is 13.0. The Morgan fingerprint density at radius 1 is 0.792 bits per heavy atom. The van der Waals surface area contributed by atoms with Crippen LogP contribution in [-0.2, 0) is 4.74 Å². The number of rotatable bonds is 1. The van der Waals surface area contributed by atoms with Crippen molar-refractivity contribution >= 4 is 0 Å². The van der Waals surface area contributed by atoms with Crippen LogP contribution in [0.5, 0.6) is 0 Å². The van der Waals surface area contributed by atoms with Gasteiger partial charge >= 0.3 is 11.4 Å². The van der Waals surface area contributed by atoms with Crippen LogP contribution < -0.4 is 11.4 Å². The zero-order chi connectivity index (χ0) is 16.0. The van der Waals surface area contributed by atoms with Crippen LogP contribution in [0.25, 0.3) is 5.69 Å². The Morgan fingerprint density at radius 3 is 2.25 bits per heavy atom. The number of benzene rings is 2. The van der Waals surface area contributed by atoms with Gasteiger partial charge in [-0.25, -0.2) is 23.5 Å². The van der Waals surface area contributed by atoms with Crippen molar-refractivity contribution in [3.05, 3.63) is 86.7 Å². The van der Waals surface area contributed by atoms with Crippen LogP contribution in [0.2, 0.25) is 0 Å². The highest BCUT2D eigenvalue weighted by molar-refractivity contribution is 5.44. The molecule has 0 amide bonds. The van der Waals surface area contributed by atoms with Crippen LogP contribution in [0.1, 0.15) is 35.4 Å². The molecule has 3 aliphatic rings. The molecule has 1 aliphatic carbocycles. The first-order valence-electron chi connectivity index (χ1n) is 8.03. The van der Waals surface area contributed by atoms with E-state index in [9.17, 15) is 9.59 Å². The second kappa shape index (κ2) is 3.96. The molecule has 0 radical (unpaired) electrons. The van der Waals surface area contributed by atoms with Crippen molar-refractivity contribution in [1.29, 1.82) is 0 Å². The molecule has 24 heavy (non-hydrogen) atoms. The van der Waals surface area contributed by atoms with Crippen LogP contribution in [0, 0.1) is 0 Å². The summed E-state index contributed by atoms with van der Waals surface area (Å²) in [6.07, 6.45) is -0.528. The van der Waals surface area contributed by atoms with Gasteiger partial charge in [0.25, 0.3) is 0 Å². The number of aromatic nitrogens is 3. The summed E-state index contributed by atoms with van der Waals surface area (Å²) in [5.41, 5.74) is 2.31. The maximum atomic E-state index is 13.0. The van der Waals surface area contributed by atoms with Gasteiger partial charge in [-0.3, -0.25) is 0 Å². The lowest BCUT2D eigenvalue weighted by Gasteiger charge is -2.26. The van der Waals surface area contributed by atoms with E-state index in [2.05, 4.69) is 12.1 Å². The van der Waals surface area contributed by atoms with Gasteiger partial charge in [0.15, 0.2) is 6.23 Å². The third kappa shape index (κ3) is 1.21. The summed E-state index contributed by atoms with van der Waals surface area (Å²) < 4.78 is 10.4. The lowest BCUT2D eigenvalue weighted by Crippen LogP contribution is -2.32. The zero-order valence-electron chi connectivity index (χ0n) is 12.6. The number of ether oxygens (including phenoxy) is 1. The molecule has 4 bridgehead atoms. The van der Waals surface area contributed by atoms with E-state index in [0.29, 0.717) is 5.69 Å². The number of hydrogen-bond acceptors (Lipinski definition) is 3. The van der Waals surface area contributed by atoms with Crippen LogP contribution in [-0.4, -0.2) is 13.9 Å². The van der Waals surface area contributed by atoms with E-state index in [1.165, 1.54) is 14.8 Å². The molecule has 3 heterocycles. The monoisotopic (exact) mass is 319 g/mol. The van der Waals surface area contributed by atoms with Gasteiger partial charge in [0.2, 0.25) is 0 Å². The van der Waals surface area contributed by atoms with Crippen molar-refractivity contribution in [2.75, 3.05) is 0 Å². The third-order valence-corrected chi connectivity index (χ3v) is 5.48. The summed E-state index contributed by atoms with van der Waals surface area (Å²) >= 11 is 0. The van der Waals surface area contributed by atoms with Crippen LogP contribution >= 0.6 is 0 Å². The van der Waals surface area contributed by atoms with Crippen molar-refractivity contribution in [3.63, 3.8) is 0 Å². The molecule has 4 atom stereocenters. The van der Waals surface area contributed by atoms with Crippen molar-refractivity contribution in [1.82, 2.24) is 13.9 Å². The van der Waals surface area contributed by atoms with E-state index >= 15 is 0 Å². The van der Waals surface area contributed by atoms with Crippen LogP contribution in [0.15, 0.2) is 64.2 Å². The fraction of sp³-hybridized carbons (Fsp3) is 0.222. The van der Waals surface area contributed by atoms with Gasteiger partial charge in [0.1, 0.15) is 6.10 Å². The summed E-state index contributed by atoms with van der Waals surface area (Å²) in [6, 6.07) is 17.0. The predicted molar refractivity (Wildman–Crippen MR) is 85.4 cm³/mol. The van der Waals surface area contributed by atoms with E-state index in [-0.39, 0.29) is 35.7 Å². The predicted octanol–water partition coefficient (Wildman–Crippen LogP) is 1.72. The van der Waals surface area contributed by atoms with E-state index in [1.807, 2.05) is 30.3 Å². The quantitative estimate of drug-likeness (QED) is 0.686. The number of nitrogens with zero attached hydrogens (tertiary/aromatic N) is 3. The minimum Gasteiger partial charge on any atom is -0.345 e. The molecule has 6 heteroatoms. The molecule has 1 saturated heterocycles. The summed E-state index contributed by atoms with van der Waals surface area (Å²) in [5.74, 6) is 0.0528. The SMILES string of the molecule is O=c1n(-c2ccccc2)c(=O)n2n1[C@@H]1[C@H]3c4ccccc4[C@@H]1O[C@@H]32. The van der Waals surface area contributed by atoms with E-state index in [4.69, 9.17) is 4.74 Å². The Labute approximate surface area is 136 Å². The summed E-state index contributed by atoms with van der Waals surface area (Å²) in [7, 11) is 0.